The largest absolute Gasteiger partial charge is 0.507 e. The van der Waals surface area contributed by atoms with Crippen LogP contribution >= 0.6 is 15.9 Å². The normalized spacial score (nSPS) is 17.9. The summed E-state index contributed by atoms with van der Waals surface area (Å²) in [4.78, 5) is 0. The van der Waals surface area contributed by atoms with Crippen LogP contribution in [0, 0.1) is 11.6 Å². The van der Waals surface area contributed by atoms with Crippen molar-refractivity contribution >= 4 is 15.9 Å². The molecule has 5 heteroatoms. The predicted molar refractivity (Wildman–Crippen MR) is 53.6 cm³/mol. The summed E-state index contributed by atoms with van der Waals surface area (Å²) in [5.74, 6) is -2.14. The Labute approximate surface area is 93.7 Å². The number of benzene rings is 1. The fourth-order valence-electron chi connectivity index (χ4n) is 1.43. The van der Waals surface area contributed by atoms with Crippen LogP contribution in [0.1, 0.15) is 18.4 Å². The summed E-state index contributed by atoms with van der Waals surface area (Å²) in [6, 6.07) is 0.842. The molecule has 0 spiro atoms. The van der Waals surface area contributed by atoms with E-state index in [4.69, 9.17) is 5.11 Å². The van der Waals surface area contributed by atoms with E-state index < -0.39 is 23.0 Å². The first kappa shape index (κ1) is 10.8. The van der Waals surface area contributed by atoms with Crippen LogP contribution in [-0.2, 0) is 6.42 Å². The van der Waals surface area contributed by atoms with Gasteiger partial charge in [-0.1, -0.05) is 0 Å². The number of phenols is 1. The summed E-state index contributed by atoms with van der Waals surface area (Å²) in [5, 5.41) is 18.7. The first-order valence-electron chi connectivity index (χ1n) is 4.51. The van der Waals surface area contributed by atoms with Crippen molar-refractivity contribution in [3.05, 3.63) is 27.7 Å². The quantitative estimate of drug-likeness (QED) is 0.816. The molecule has 0 heterocycles. The highest BCUT2D eigenvalue weighted by atomic mass is 79.9. The molecule has 0 aromatic heterocycles. The molecule has 1 saturated carbocycles. The molecule has 2 nitrogen and oxygen atoms in total. The van der Waals surface area contributed by atoms with Crippen LogP contribution in [0.3, 0.4) is 0 Å². The second-order valence-corrected chi connectivity index (χ2v) is 4.68. The smallest absolute Gasteiger partial charge is 0.147 e. The molecule has 1 aliphatic rings. The Balaban J connectivity index is 2.41. The van der Waals surface area contributed by atoms with Gasteiger partial charge in [0.2, 0.25) is 0 Å². The molecule has 1 aromatic carbocycles. The number of aromatic hydroxyl groups is 1. The van der Waals surface area contributed by atoms with Gasteiger partial charge in [0.1, 0.15) is 17.4 Å². The van der Waals surface area contributed by atoms with Gasteiger partial charge in [-0.05, 0) is 28.8 Å². The van der Waals surface area contributed by atoms with Crippen LogP contribution < -0.4 is 0 Å². The van der Waals surface area contributed by atoms with Crippen LogP contribution in [-0.4, -0.2) is 15.8 Å². The van der Waals surface area contributed by atoms with Gasteiger partial charge in [-0.25, -0.2) is 8.78 Å². The van der Waals surface area contributed by atoms with E-state index in [0.29, 0.717) is 12.8 Å². The number of rotatable bonds is 2. The van der Waals surface area contributed by atoms with Gasteiger partial charge in [0.25, 0.3) is 0 Å². The molecule has 0 atom stereocenters. The summed E-state index contributed by atoms with van der Waals surface area (Å²) in [5.41, 5.74) is -1.14. The monoisotopic (exact) mass is 278 g/mol. The zero-order chi connectivity index (χ0) is 11.2. The Hall–Kier alpha value is -0.680. The van der Waals surface area contributed by atoms with E-state index >= 15 is 0 Å². The third-order valence-electron chi connectivity index (χ3n) is 2.57. The van der Waals surface area contributed by atoms with Crippen molar-refractivity contribution in [3.8, 4) is 5.75 Å². The summed E-state index contributed by atoms with van der Waals surface area (Å²) < 4.78 is 26.7. The predicted octanol–water partition coefficient (Wildman–Crippen LogP) is 2.50. The van der Waals surface area contributed by atoms with Crippen molar-refractivity contribution < 1.29 is 19.0 Å². The van der Waals surface area contributed by atoms with Gasteiger partial charge >= 0.3 is 0 Å². The zero-order valence-corrected chi connectivity index (χ0v) is 9.31. The third kappa shape index (κ3) is 1.99. The highest BCUT2D eigenvalue weighted by molar-refractivity contribution is 9.10. The lowest BCUT2D eigenvalue weighted by Crippen LogP contribution is -2.13. The Morgan fingerprint density at radius 1 is 1.40 bits per heavy atom. The van der Waals surface area contributed by atoms with Crippen LogP contribution in [0.4, 0.5) is 8.78 Å². The molecule has 1 aliphatic carbocycles. The Morgan fingerprint density at radius 2 is 2.00 bits per heavy atom. The molecule has 0 aliphatic heterocycles. The highest BCUT2D eigenvalue weighted by Crippen LogP contribution is 2.41. The van der Waals surface area contributed by atoms with E-state index in [9.17, 15) is 13.9 Å². The molecule has 2 N–H and O–H groups in total. The minimum absolute atomic E-state index is 0.0520. The molecule has 82 valence electrons. The molecule has 0 saturated heterocycles. The van der Waals surface area contributed by atoms with Gasteiger partial charge in [-0.2, -0.15) is 0 Å². The molecule has 0 amide bonds. The minimum atomic E-state index is -0.960. The van der Waals surface area contributed by atoms with Gasteiger partial charge in [0.15, 0.2) is 0 Å². The molecule has 1 aromatic rings. The van der Waals surface area contributed by atoms with Crippen molar-refractivity contribution in [2.45, 2.75) is 24.9 Å². The summed E-state index contributed by atoms with van der Waals surface area (Å²) >= 11 is 2.82. The average Bonchev–Trinajstić information content (AvgIpc) is 2.89. The molecule has 15 heavy (non-hydrogen) atoms. The molecular weight excluding hydrogens is 270 g/mol. The first-order chi connectivity index (χ1) is 6.93. The SMILES string of the molecule is Oc1cc(F)c(CC2(O)CC2)c(F)c1Br. The molecule has 0 bridgehead atoms. The zero-order valence-electron chi connectivity index (χ0n) is 7.73. The van der Waals surface area contributed by atoms with Gasteiger partial charge < -0.3 is 10.2 Å². The van der Waals surface area contributed by atoms with E-state index in [0.717, 1.165) is 6.07 Å². The third-order valence-corrected chi connectivity index (χ3v) is 3.32. The Bertz CT molecular complexity index is 416. The second-order valence-electron chi connectivity index (χ2n) is 3.89. The van der Waals surface area contributed by atoms with Crippen molar-refractivity contribution in [3.63, 3.8) is 0 Å². The van der Waals surface area contributed by atoms with Crippen molar-refractivity contribution in [1.82, 2.24) is 0 Å². The van der Waals surface area contributed by atoms with Crippen LogP contribution in [0.15, 0.2) is 10.5 Å². The van der Waals surface area contributed by atoms with E-state index in [1.807, 2.05) is 0 Å². The molecule has 2 rings (SSSR count). The maximum absolute atomic E-state index is 13.5. The lowest BCUT2D eigenvalue weighted by molar-refractivity contribution is 0.148. The van der Waals surface area contributed by atoms with E-state index in [-0.39, 0.29) is 16.5 Å². The fraction of sp³-hybridized carbons (Fsp3) is 0.400. The number of phenolic OH excluding ortho intramolecular Hbond substituents is 1. The molecule has 0 unspecified atom stereocenters. The van der Waals surface area contributed by atoms with E-state index in [1.165, 1.54) is 0 Å². The lowest BCUT2D eigenvalue weighted by Gasteiger charge is -2.11. The maximum atomic E-state index is 13.5. The molecular formula is C10H9BrF2O2. The lowest BCUT2D eigenvalue weighted by atomic mass is 10.1. The van der Waals surface area contributed by atoms with E-state index in [2.05, 4.69) is 15.9 Å². The summed E-state index contributed by atoms with van der Waals surface area (Å²) in [6.45, 7) is 0. The van der Waals surface area contributed by atoms with Gasteiger partial charge in [0.05, 0.1) is 10.1 Å². The van der Waals surface area contributed by atoms with Crippen LogP contribution in [0.2, 0.25) is 0 Å². The van der Waals surface area contributed by atoms with Crippen LogP contribution in [0.5, 0.6) is 5.75 Å². The summed E-state index contributed by atoms with van der Waals surface area (Å²) in [6.07, 6.45) is 1.07. The standard InChI is InChI=1S/C10H9BrF2O2/c11-8-7(14)3-6(12)5(9(8)13)4-10(15)1-2-10/h3,14-15H,1-2,4H2. The van der Waals surface area contributed by atoms with Gasteiger partial charge in [-0.3, -0.25) is 0 Å². The Morgan fingerprint density at radius 3 is 2.53 bits per heavy atom. The number of aliphatic hydroxyl groups is 1. The first-order valence-corrected chi connectivity index (χ1v) is 5.30. The molecule has 0 radical (unpaired) electrons. The highest BCUT2D eigenvalue weighted by Gasteiger charge is 2.41. The van der Waals surface area contributed by atoms with E-state index in [1.54, 1.807) is 0 Å². The van der Waals surface area contributed by atoms with Gasteiger partial charge in [-0.15, -0.1) is 0 Å². The number of hydrogen-bond donors (Lipinski definition) is 2. The number of hydrogen-bond acceptors (Lipinski definition) is 2. The maximum Gasteiger partial charge on any atom is 0.147 e. The minimum Gasteiger partial charge on any atom is -0.507 e. The van der Waals surface area contributed by atoms with Crippen molar-refractivity contribution in [2.24, 2.45) is 0 Å². The van der Waals surface area contributed by atoms with Crippen molar-refractivity contribution in [1.29, 1.82) is 0 Å². The average molecular weight is 279 g/mol. The second kappa shape index (κ2) is 3.42. The molecule has 1 fully saturated rings. The fourth-order valence-corrected chi connectivity index (χ4v) is 1.79. The summed E-state index contributed by atoms with van der Waals surface area (Å²) in [7, 11) is 0. The van der Waals surface area contributed by atoms with Crippen molar-refractivity contribution in [2.75, 3.05) is 0 Å². The number of halogens is 3. The topological polar surface area (TPSA) is 40.5 Å². The van der Waals surface area contributed by atoms with Crippen LogP contribution in [0.25, 0.3) is 0 Å². The Kier molecular flexibility index (Phi) is 2.47. The van der Waals surface area contributed by atoms with Gasteiger partial charge in [0, 0.05) is 18.1 Å².